The molecule has 1 unspecified atom stereocenters. The van der Waals surface area contributed by atoms with Crippen molar-refractivity contribution in [1.29, 1.82) is 0 Å². The number of benzene rings is 1. The van der Waals surface area contributed by atoms with Gasteiger partial charge in [-0.2, -0.15) is 0 Å². The Morgan fingerprint density at radius 2 is 1.85 bits per heavy atom. The third kappa shape index (κ3) is 5.34. The molecule has 2 N–H and O–H groups in total. The van der Waals surface area contributed by atoms with Crippen LogP contribution in [0.4, 0.5) is 0 Å². The quantitative estimate of drug-likeness (QED) is 0.609. The topological polar surface area (TPSA) is 67.7 Å². The zero-order valence-corrected chi connectivity index (χ0v) is 16.8. The standard InChI is InChI=1S/C22H32N4O/c1-16(2)13-18-7-9-19(10-8-18)17(3)21-14-20(27-25-21)15-24-22(23)26-11-5-4-6-12-26/h7-10,14,16-17H,4-6,11-13,15H2,1-3H3,(H2,23,24). The Labute approximate surface area is 162 Å². The summed E-state index contributed by atoms with van der Waals surface area (Å²) < 4.78 is 5.49. The molecule has 27 heavy (non-hydrogen) atoms. The van der Waals surface area contributed by atoms with E-state index in [-0.39, 0.29) is 5.92 Å². The van der Waals surface area contributed by atoms with Crippen LogP contribution in [-0.2, 0) is 13.0 Å². The van der Waals surface area contributed by atoms with E-state index in [1.807, 2.05) is 6.07 Å². The molecule has 146 valence electrons. The summed E-state index contributed by atoms with van der Waals surface area (Å²) in [5.74, 6) is 2.23. The van der Waals surface area contributed by atoms with Gasteiger partial charge in [0, 0.05) is 25.1 Å². The maximum atomic E-state index is 6.12. The average molecular weight is 369 g/mol. The van der Waals surface area contributed by atoms with Gasteiger partial charge in [-0.25, -0.2) is 4.99 Å². The molecule has 5 nitrogen and oxygen atoms in total. The molecule has 0 radical (unpaired) electrons. The van der Waals surface area contributed by atoms with Crippen LogP contribution in [0.1, 0.15) is 68.5 Å². The van der Waals surface area contributed by atoms with Crippen molar-refractivity contribution >= 4 is 5.96 Å². The highest BCUT2D eigenvalue weighted by atomic mass is 16.5. The van der Waals surface area contributed by atoms with Crippen molar-refractivity contribution in [3.63, 3.8) is 0 Å². The Morgan fingerprint density at radius 3 is 2.52 bits per heavy atom. The van der Waals surface area contributed by atoms with Gasteiger partial charge in [-0.15, -0.1) is 0 Å². The van der Waals surface area contributed by atoms with E-state index >= 15 is 0 Å². The summed E-state index contributed by atoms with van der Waals surface area (Å²) in [5.41, 5.74) is 9.68. The van der Waals surface area contributed by atoms with Crippen LogP contribution in [-0.4, -0.2) is 29.1 Å². The molecule has 3 rings (SSSR count). The number of aliphatic imine (C=N–C) groups is 1. The van der Waals surface area contributed by atoms with Crippen molar-refractivity contribution in [1.82, 2.24) is 10.1 Å². The molecule has 1 aromatic heterocycles. The second kappa shape index (κ2) is 9.07. The third-order valence-corrected chi connectivity index (χ3v) is 5.22. The summed E-state index contributed by atoms with van der Waals surface area (Å²) >= 11 is 0. The van der Waals surface area contributed by atoms with E-state index in [4.69, 9.17) is 10.3 Å². The molecular formula is C22H32N4O. The van der Waals surface area contributed by atoms with Gasteiger partial charge in [-0.05, 0) is 42.7 Å². The zero-order valence-electron chi connectivity index (χ0n) is 16.8. The third-order valence-electron chi connectivity index (χ3n) is 5.22. The van der Waals surface area contributed by atoms with Gasteiger partial charge in [-0.3, -0.25) is 0 Å². The maximum Gasteiger partial charge on any atom is 0.191 e. The van der Waals surface area contributed by atoms with Crippen molar-refractivity contribution in [2.24, 2.45) is 16.6 Å². The highest BCUT2D eigenvalue weighted by Gasteiger charge is 2.15. The van der Waals surface area contributed by atoms with Crippen LogP contribution < -0.4 is 5.73 Å². The Balaban J connectivity index is 1.60. The van der Waals surface area contributed by atoms with Gasteiger partial charge in [0.25, 0.3) is 0 Å². The summed E-state index contributed by atoms with van der Waals surface area (Å²) in [6.07, 6.45) is 4.77. The van der Waals surface area contributed by atoms with Crippen molar-refractivity contribution < 1.29 is 4.52 Å². The van der Waals surface area contributed by atoms with Gasteiger partial charge in [0.1, 0.15) is 6.54 Å². The number of guanidine groups is 1. The monoisotopic (exact) mass is 368 g/mol. The fourth-order valence-electron chi connectivity index (χ4n) is 3.57. The molecule has 0 bridgehead atoms. The molecule has 1 saturated heterocycles. The number of aromatic nitrogens is 1. The first-order valence-electron chi connectivity index (χ1n) is 10.1. The Morgan fingerprint density at radius 1 is 1.15 bits per heavy atom. The number of hydrogen-bond acceptors (Lipinski definition) is 3. The molecule has 0 saturated carbocycles. The minimum Gasteiger partial charge on any atom is -0.370 e. The molecule has 1 aliphatic rings. The molecule has 1 fully saturated rings. The van der Waals surface area contributed by atoms with E-state index in [1.54, 1.807) is 0 Å². The van der Waals surface area contributed by atoms with Crippen LogP contribution in [0.3, 0.4) is 0 Å². The Hall–Kier alpha value is -2.30. The molecule has 1 aromatic carbocycles. The van der Waals surface area contributed by atoms with Crippen LogP contribution in [0.5, 0.6) is 0 Å². The predicted molar refractivity (Wildman–Crippen MR) is 110 cm³/mol. The van der Waals surface area contributed by atoms with Gasteiger partial charge in [0.05, 0.1) is 5.69 Å². The fraction of sp³-hybridized carbons (Fsp3) is 0.545. The predicted octanol–water partition coefficient (Wildman–Crippen LogP) is 4.33. The lowest BCUT2D eigenvalue weighted by molar-refractivity contribution is 0.336. The lowest BCUT2D eigenvalue weighted by Gasteiger charge is -2.27. The fourth-order valence-corrected chi connectivity index (χ4v) is 3.57. The normalized spacial score (nSPS) is 16.7. The van der Waals surface area contributed by atoms with E-state index in [0.717, 1.165) is 31.0 Å². The second-order valence-corrected chi connectivity index (χ2v) is 8.00. The molecule has 5 heteroatoms. The summed E-state index contributed by atoms with van der Waals surface area (Å²) in [5, 5.41) is 4.26. The average Bonchev–Trinajstić information content (AvgIpc) is 3.15. The highest BCUT2D eigenvalue weighted by molar-refractivity contribution is 5.78. The Kier molecular flexibility index (Phi) is 6.54. The van der Waals surface area contributed by atoms with Crippen molar-refractivity contribution in [3.05, 3.63) is 52.9 Å². The number of hydrogen-bond donors (Lipinski definition) is 1. The first-order chi connectivity index (χ1) is 13.0. The SMILES string of the molecule is CC(C)Cc1ccc(C(C)c2cc(CN=C(N)N3CCCCC3)on2)cc1. The van der Waals surface area contributed by atoms with Crippen LogP contribution in [0.15, 0.2) is 39.8 Å². The number of piperidine rings is 1. The van der Waals surface area contributed by atoms with Crippen LogP contribution in [0.2, 0.25) is 0 Å². The van der Waals surface area contributed by atoms with Gasteiger partial charge < -0.3 is 15.2 Å². The largest absolute Gasteiger partial charge is 0.370 e. The number of nitrogens with two attached hydrogens (primary N) is 1. The number of likely N-dealkylation sites (tertiary alicyclic amines) is 1. The second-order valence-electron chi connectivity index (χ2n) is 8.00. The van der Waals surface area contributed by atoms with Crippen molar-refractivity contribution in [2.75, 3.05) is 13.1 Å². The van der Waals surface area contributed by atoms with E-state index in [1.165, 1.54) is 30.4 Å². The molecular weight excluding hydrogens is 336 g/mol. The van der Waals surface area contributed by atoms with E-state index < -0.39 is 0 Å². The molecule has 0 spiro atoms. The molecule has 2 aromatic rings. The first-order valence-corrected chi connectivity index (χ1v) is 10.1. The molecule has 1 atom stereocenters. The minimum absolute atomic E-state index is 0.194. The van der Waals surface area contributed by atoms with Crippen molar-refractivity contribution in [2.45, 2.75) is 58.9 Å². The molecule has 0 amide bonds. The summed E-state index contributed by atoms with van der Waals surface area (Å²) in [6, 6.07) is 10.8. The molecule has 2 heterocycles. The zero-order chi connectivity index (χ0) is 19.2. The number of rotatable bonds is 6. The van der Waals surface area contributed by atoms with E-state index in [9.17, 15) is 0 Å². The minimum atomic E-state index is 0.194. The Bertz CT molecular complexity index is 742. The summed E-state index contributed by atoms with van der Waals surface area (Å²) in [7, 11) is 0. The molecule has 0 aliphatic carbocycles. The van der Waals surface area contributed by atoms with Crippen LogP contribution in [0.25, 0.3) is 0 Å². The first kappa shape index (κ1) is 19.5. The van der Waals surface area contributed by atoms with Crippen LogP contribution >= 0.6 is 0 Å². The van der Waals surface area contributed by atoms with Crippen LogP contribution in [0, 0.1) is 5.92 Å². The highest BCUT2D eigenvalue weighted by Crippen LogP contribution is 2.25. The smallest absolute Gasteiger partial charge is 0.191 e. The van der Waals surface area contributed by atoms with Gasteiger partial charge in [0.2, 0.25) is 0 Å². The van der Waals surface area contributed by atoms with Crippen molar-refractivity contribution in [3.8, 4) is 0 Å². The van der Waals surface area contributed by atoms with E-state index in [2.05, 4.69) is 60.1 Å². The number of nitrogens with zero attached hydrogens (tertiary/aromatic N) is 3. The van der Waals surface area contributed by atoms with Gasteiger partial charge in [-0.1, -0.05) is 50.2 Å². The summed E-state index contributed by atoms with van der Waals surface area (Å²) in [4.78, 5) is 6.64. The van der Waals surface area contributed by atoms with E-state index in [0.29, 0.717) is 18.4 Å². The van der Waals surface area contributed by atoms with Gasteiger partial charge in [0.15, 0.2) is 11.7 Å². The lowest BCUT2D eigenvalue weighted by atomic mass is 9.95. The maximum absolute atomic E-state index is 6.12. The van der Waals surface area contributed by atoms with Gasteiger partial charge >= 0.3 is 0 Å². The summed E-state index contributed by atoms with van der Waals surface area (Å²) in [6.45, 7) is 9.09. The molecule has 1 aliphatic heterocycles. The lowest BCUT2D eigenvalue weighted by Crippen LogP contribution is -2.40.